The summed E-state index contributed by atoms with van der Waals surface area (Å²) >= 11 is 1.03. The quantitative estimate of drug-likeness (QED) is 0.629. The van der Waals surface area contributed by atoms with Gasteiger partial charge in [0.15, 0.2) is 5.69 Å². The van der Waals surface area contributed by atoms with Crippen molar-refractivity contribution in [1.82, 2.24) is 14.9 Å². The van der Waals surface area contributed by atoms with Gasteiger partial charge in [0, 0.05) is 22.2 Å². The molecule has 31 heavy (non-hydrogen) atoms. The topological polar surface area (TPSA) is 75.2 Å². The second-order valence-electron chi connectivity index (χ2n) is 8.42. The second-order valence-corrected chi connectivity index (χ2v) is 9.03. The highest BCUT2D eigenvalue weighted by atomic mass is 32.1. The van der Waals surface area contributed by atoms with E-state index in [0.29, 0.717) is 5.69 Å². The van der Waals surface area contributed by atoms with Crippen molar-refractivity contribution in [3.63, 3.8) is 0 Å². The highest BCUT2D eigenvalue weighted by Crippen LogP contribution is 2.33. The molecular weight excluding hydrogens is 415 g/mol. The van der Waals surface area contributed by atoms with Crippen LogP contribution in [0.4, 0.5) is 10.1 Å². The highest BCUT2D eigenvalue weighted by molar-refractivity contribution is 7.03. The van der Waals surface area contributed by atoms with Gasteiger partial charge in [-0.05, 0) is 63.8 Å². The molecule has 0 saturated heterocycles. The van der Waals surface area contributed by atoms with Crippen LogP contribution in [0.15, 0.2) is 47.8 Å². The van der Waals surface area contributed by atoms with Gasteiger partial charge in [-0.25, -0.2) is 4.39 Å². The third-order valence-electron chi connectivity index (χ3n) is 4.61. The van der Waals surface area contributed by atoms with Crippen molar-refractivity contribution in [1.29, 1.82) is 0 Å². The van der Waals surface area contributed by atoms with Gasteiger partial charge in [-0.2, -0.15) is 0 Å². The molecule has 0 aliphatic carbocycles. The predicted octanol–water partition coefficient (Wildman–Crippen LogP) is 4.60. The fourth-order valence-corrected chi connectivity index (χ4v) is 3.79. The number of aryl methyl sites for hydroxylation is 2. The largest absolute Gasteiger partial charge is 0.349 e. The van der Waals surface area contributed by atoms with Crippen molar-refractivity contribution in [2.45, 2.75) is 46.2 Å². The lowest BCUT2D eigenvalue weighted by Gasteiger charge is -2.34. The van der Waals surface area contributed by atoms with E-state index in [0.717, 1.165) is 22.7 Å². The minimum Gasteiger partial charge on any atom is -0.349 e. The first-order valence-electron chi connectivity index (χ1n) is 9.83. The van der Waals surface area contributed by atoms with Gasteiger partial charge < -0.3 is 5.32 Å². The molecule has 1 heterocycles. The summed E-state index contributed by atoms with van der Waals surface area (Å²) in [5, 5.41) is 8.30. The van der Waals surface area contributed by atoms with E-state index in [1.165, 1.54) is 22.4 Å². The van der Waals surface area contributed by atoms with E-state index in [4.69, 9.17) is 0 Å². The van der Waals surface area contributed by atoms with Crippen LogP contribution in [-0.2, 0) is 4.79 Å². The van der Waals surface area contributed by atoms with Gasteiger partial charge in [0.25, 0.3) is 5.91 Å². The Bertz CT molecular complexity index is 1090. The molecule has 0 spiro atoms. The van der Waals surface area contributed by atoms with Crippen molar-refractivity contribution in [3.05, 3.63) is 76.0 Å². The fraction of sp³-hybridized carbons (Fsp3) is 0.304. The van der Waals surface area contributed by atoms with E-state index < -0.39 is 29.2 Å². The first-order valence-corrected chi connectivity index (χ1v) is 10.7. The summed E-state index contributed by atoms with van der Waals surface area (Å²) in [5.41, 5.74) is 1.89. The molecule has 0 radical (unpaired) electrons. The number of nitrogens with one attached hydrogen (secondary N) is 1. The summed E-state index contributed by atoms with van der Waals surface area (Å²) in [7, 11) is 0. The van der Waals surface area contributed by atoms with E-state index in [9.17, 15) is 14.0 Å². The van der Waals surface area contributed by atoms with Crippen molar-refractivity contribution in [2.24, 2.45) is 0 Å². The number of nitrogens with zero attached hydrogens (tertiary/aromatic N) is 3. The summed E-state index contributed by atoms with van der Waals surface area (Å²) < 4.78 is 18.7. The van der Waals surface area contributed by atoms with Gasteiger partial charge in [0.1, 0.15) is 11.9 Å². The van der Waals surface area contributed by atoms with Crippen molar-refractivity contribution in [2.75, 3.05) is 4.90 Å². The average Bonchev–Trinajstić information content (AvgIpc) is 3.20. The lowest BCUT2D eigenvalue weighted by molar-refractivity contribution is -0.124. The van der Waals surface area contributed by atoms with Gasteiger partial charge in [-0.3, -0.25) is 14.5 Å². The number of carbonyl (C=O) groups excluding carboxylic acids is 2. The number of hydrogen-bond acceptors (Lipinski definition) is 5. The first kappa shape index (κ1) is 22.6. The van der Waals surface area contributed by atoms with Crippen LogP contribution in [0.25, 0.3) is 0 Å². The van der Waals surface area contributed by atoms with Gasteiger partial charge in [-0.15, -0.1) is 5.10 Å². The van der Waals surface area contributed by atoms with Crippen LogP contribution in [-0.4, -0.2) is 26.9 Å². The van der Waals surface area contributed by atoms with E-state index in [-0.39, 0.29) is 11.3 Å². The molecule has 2 aromatic carbocycles. The molecule has 0 saturated carbocycles. The minimum atomic E-state index is -1.24. The van der Waals surface area contributed by atoms with Crippen LogP contribution < -0.4 is 10.2 Å². The summed E-state index contributed by atoms with van der Waals surface area (Å²) in [6.07, 6.45) is 0. The number of carbonyl (C=O) groups is 2. The Labute approximate surface area is 185 Å². The zero-order chi connectivity index (χ0) is 22.8. The molecule has 1 N–H and O–H groups in total. The van der Waals surface area contributed by atoms with Crippen LogP contribution in [0, 0.1) is 19.7 Å². The Morgan fingerprint density at radius 1 is 1.13 bits per heavy atom. The molecule has 162 valence electrons. The zero-order valence-electron chi connectivity index (χ0n) is 18.1. The summed E-state index contributed by atoms with van der Waals surface area (Å²) in [6, 6.07) is 10.3. The lowest BCUT2D eigenvalue weighted by atomic mass is 9.98. The minimum absolute atomic E-state index is 0.0925. The molecule has 8 heteroatoms. The standard InChI is InChI=1S/C23H25FN4O2S/c1-14-10-11-19(15(2)12-14)28(22(30)18-13-31-27-26-18)20(21(29)25-23(3,4)5)16-8-6-7-9-17(16)24/h6-13,20H,1-5H3,(H,25,29). The van der Waals surface area contributed by atoms with Crippen LogP contribution in [0.3, 0.4) is 0 Å². The molecule has 1 aromatic heterocycles. The SMILES string of the molecule is Cc1ccc(N(C(=O)c2csnn2)C(C(=O)NC(C)(C)C)c2ccccc2F)c(C)c1. The number of amides is 2. The van der Waals surface area contributed by atoms with Crippen LogP contribution in [0.1, 0.15) is 54.0 Å². The molecule has 2 amide bonds. The van der Waals surface area contributed by atoms with Crippen LogP contribution >= 0.6 is 11.5 Å². The Hall–Kier alpha value is -3.13. The smallest absolute Gasteiger partial charge is 0.280 e. The number of aromatic nitrogens is 2. The predicted molar refractivity (Wildman–Crippen MR) is 120 cm³/mol. The maximum atomic E-state index is 14.9. The number of halogens is 1. The molecule has 0 fully saturated rings. The molecule has 0 aliphatic heterocycles. The van der Waals surface area contributed by atoms with E-state index in [1.54, 1.807) is 18.2 Å². The third-order valence-corrected chi connectivity index (χ3v) is 5.12. The molecule has 3 rings (SSSR count). The third kappa shape index (κ3) is 5.14. The van der Waals surface area contributed by atoms with Gasteiger partial charge in [0.2, 0.25) is 5.91 Å². The highest BCUT2D eigenvalue weighted by Gasteiger charge is 2.37. The molecular formula is C23H25FN4O2S. The Kier molecular flexibility index (Phi) is 6.50. The Morgan fingerprint density at radius 2 is 1.84 bits per heavy atom. The lowest BCUT2D eigenvalue weighted by Crippen LogP contribution is -2.50. The molecule has 1 atom stereocenters. The number of benzene rings is 2. The first-order chi connectivity index (χ1) is 14.6. The Morgan fingerprint density at radius 3 is 2.42 bits per heavy atom. The number of hydrogen-bond donors (Lipinski definition) is 1. The maximum absolute atomic E-state index is 14.9. The van der Waals surface area contributed by atoms with Crippen LogP contribution in [0.5, 0.6) is 0 Å². The zero-order valence-corrected chi connectivity index (χ0v) is 19.0. The molecule has 0 aliphatic rings. The Balaban J connectivity index is 2.25. The summed E-state index contributed by atoms with van der Waals surface area (Å²) in [4.78, 5) is 28.4. The van der Waals surface area contributed by atoms with E-state index in [2.05, 4.69) is 14.9 Å². The van der Waals surface area contributed by atoms with E-state index in [1.807, 2.05) is 46.8 Å². The van der Waals surface area contributed by atoms with Gasteiger partial charge >= 0.3 is 0 Å². The summed E-state index contributed by atoms with van der Waals surface area (Å²) in [5.74, 6) is -1.59. The van der Waals surface area contributed by atoms with Crippen molar-refractivity contribution >= 4 is 29.0 Å². The van der Waals surface area contributed by atoms with Gasteiger partial charge in [0.05, 0.1) is 0 Å². The molecule has 1 unspecified atom stereocenters. The maximum Gasteiger partial charge on any atom is 0.280 e. The second kappa shape index (κ2) is 8.93. The molecule has 0 bridgehead atoms. The van der Waals surface area contributed by atoms with E-state index >= 15 is 0 Å². The summed E-state index contributed by atoms with van der Waals surface area (Å²) in [6.45, 7) is 9.28. The van der Waals surface area contributed by atoms with Crippen molar-refractivity contribution in [3.8, 4) is 0 Å². The van der Waals surface area contributed by atoms with Gasteiger partial charge in [-0.1, -0.05) is 40.4 Å². The monoisotopic (exact) mass is 440 g/mol. The van der Waals surface area contributed by atoms with Crippen molar-refractivity contribution < 1.29 is 14.0 Å². The molecule has 3 aromatic rings. The normalized spacial score (nSPS) is 12.3. The molecule has 6 nitrogen and oxygen atoms in total. The number of rotatable bonds is 5. The number of anilines is 1. The average molecular weight is 441 g/mol. The van der Waals surface area contributed by atoms with Crippen LogP contribution in [0.2, 0.25) is 0 Å². The fourth-order valence-electron chi connectivity index (χ4n) is 3.36.